The van der Waals surface area contributed by atoms with Gasteiger partial charge in [-0.05, 0) is 35.9 Å². The lowest BCUT2D eigenvalue weighted by atomic mass is 10.2. The van der Waals surface area contributed by atoms with Crippen LogP contribution in [0.1, 0.15) is 11.1 Å². The van der Waals surface area contributed by atoms with Crippen molar-refractivity contribution in [3.63, 3.8) is 0 Å². The van der Waals surface area contributed by atoms with Gasteiger partial charge in [-0.3, -0.25) is 0 Å². The summed E-state index contributed by atoms with van der Waals surface area (Å²) in [5.41, 5.74) is 1.25. The number of halogens is 2. The fourth-order valence-corrected chi connectivity index (χ4v) is 2.33. The second-order valence-corrected chi connectivity index (χ2v) is 5.39. The molecule has 6 heteroatoms. The van der Waals surface area contributed by atoms with E-state index in [9.17, 15) is 9.90 Å². The molecule has 0 aliphatic carbocycles. The Morgan fingerprint density at radius 2 is 1.91 bits per heavy atom. The first kappa shape index (κ1) is 17.2. The largest absolute Gasteiger partial charge is 0.504 e. The van der Waals surface area contributed by atoms with Crippen LogP contribution in [0, 0.1) is 0 Å². The average molecular weight is 353 g/mol. The fourth-order valence-electron chi connectivity index (χ4n) is 1.82. The highest BCUT2D eigenvalue weighted by Gasteiger charge is 2.07. The Morgan fingerprint density at radius 3 is 2.57 bits per heavy atom. The third-order valence-corrected chi connectivity index (χ3v) is 3.74. The van der Waals surface area contributed by atoms with Crippen molar-refractivity contribution >= 4 is 35.2 Å². The number of hydrogen-bond donors (Lipinski definition) is 1. The number of phenolic OH excluding ortho intramolecular Hbond substituents is 1. The molecule has 0 heterocycles. The average Bonchev–Trinajstić information content (AvgIpc) is 2.53. The summed E-state index contributed by atoms with van der Waals surface area (Å²) >= 11 is 12.0. The quantitative estimate of drug-likeness (QED) is 0.637. The van der Waals surface area contributed by atoms with Crippen molar-refractivity contribution < 1.29 is 19.4 Å². The summed E-state index contributed by atoms with van der Waals surface area (Å²) in [6, 6.07) is 9.79. The van der Waals surface area contributed by atoms with Crippen LogP contribution >= 0.6 is 23.2 Å². The molecule has 2 rings (SSSR count). The Bertz CT molecular complexity index is 721. The summed E-state index contributed by atoms with van der Waals surface area (Å²) in [7, 11) is 1.45. The van der Waals surface area contributed by atoms with Crippen LogP contribution in [-0.2, 0) is 16.1 Å². The molecule has 0 saturated carbocycles. The van der Waals surface area contributed by atoms with E-state index in [4.69, 9.17) is 32.7 Å². The first-order valence-corrected chi connectivity index (χ1v) is 7.41. The van der Waals surface area contributed by atoms with Crippen molar-refractivity contribution in [1.29, 1.82) is 0 Å². The molecule has 0 amide bonds. The molecule has 0 aromatic heterocycles. The molecular formula is C17H14Cl2O4. The predicted octanol–water partition coefficient (Wildman–Crippen LogP) is 4.46. The van der Waals surface area contributed by atoms with Crippen LogP contribution in [0.25, 0.3) is 6.08 Å². The first-order chi connectivity index (χ1) is 11.0. The molecular weight excluding hydrogens is 339 g/mol. The zero-order valence-electron chi connectivity index (χ0n) is 12.3. The van der Waals surface area contributed by atoms with E-state index < -0.39 is 5.97 Å². The van der Waals surface area contributed by atoms with Gasteiger partial charge in [-0.1, -0.05) is 35.3 Å². The number of esters is 1. The molecule has 23 heavy (non-hydrogen) atoms. The zero-order valence-corrected chi connectivity index (χ0v) is 13.8. The lowest BCUT2D eigenvalue weighted by Gasteiger charge is -2.07. The van der Waals surface area contributed by atoms with Crippen LogP contribution < -0.4 is 4.74 Å². The number of aromatic hydroxyl groups is 1. The number of methoxy groups -OCH3 is 1. The van der Waals surface area contributed by atoms with Crippen molar-refractivity contribution in [2.45, 2.75) is 6.61 Å². The van der Waals surface area contributed by atoms with Crippen LogP contribution in [0.4, 0.5) is 0 Å². The molecule has 0 aliphatic heterocycles. The SMILES string of the molecule is COc1cc(C=CC(=O)OCc2c(Cl)cccc2Cl)ccc1O. The van der Waals surface area contributed by atoms with Gasteiger partial charge in [0.2, 0.25) is 0 Å². The maximum atomic E-state index is 11.8. The Hall–Kier alpha value is -2.17. The molecule has 0 atom stereocenters. The highest BCUT2D eigenvalue weighted by molar-refractivity contribution is 6.35. The number of phenols is 1. The van der Waals surface area contributed by atoms with Crippen molar-refractivity contribution in [2.24, 2.45) is 0 Å². The van der Waals surface area contributed by atoms with Crippen LogP contribution in [0.3, 0.4) is 0 Å². The first-order valence-electron chi connectivity index (χ1n) is 6.66. The maximum Gasteiger partial charge on any atom is 0.331 e. The van der Waals surface area contributed by atoms with E-state index in [1.54, 1.807) is 36.4 Å². The monoisotopic (exact) mass is 352 g/mol. The zero-order chi connectivity index (χ0) is 16.8. The molecule has 2 aromatic rings. The van der Waals surface area contributed by atoms with Crippen molar-refractivity contribution in [2.75, 3.05) is 7.11 Å². The van der Waals surface area contributed by atoms with Crippen LogP contribution in [-0.4, -0.2) is 18.2 Å². The van der Waals surface area contributed by atoms with Crippen molar-refractivity contribution in [3.8, 4) is 11.5 Å². The maximum absolute atomic E-state index is 11.8. The number of ether oxygens (including phenoxy) is 2. The van der Waals surface area contributed by atoms with Gasteiger partial charge in [0, 0.05) is 21.7 Å². The van der Waals surface area contributed by atoms with E-state index in [0.717, 1.165) is 0 Å². The molecule has 0 fully saturated rings. The molecule has 4 nitrogen and oxygen atoms in total. The van der Waals surface area contributed by atoms with Gasteiger partial charge in [0.25, 0.3) is 0 Å². The topological polar surface area (TPSA) is 55.8 Å². The minimum absolute atomic E-state index is 0.0133. The summed E-state index contributed by atoms with van der Waals surface area (Å²) in [6.45, 7) is -0.0133. The minimum atomic E-state index is -0.534. The van der Waals surface area contributed by atoms with Crippen LogP contribution in [0.15, 0.2) is 42.5 Å². The lowest BCUT2D eigenvalue weighted by Crippen LogP contribution is -2.01. The summed E-state index contributed by atoms with van der Waals surface area (Å²) in [5.74, 6) is -0.183. The van der Waals surface area contributed by atoms with E-state index in [1.165, 1.54) is 19.3 Å². The number of carbonyl (C=O) groups is 1. The molecule has 0 spiro atoms. The number of benzene rings is 2. The Morgan fingerprint density at radius 1 is 1.22 bits per heavy atom. The normalized spacial score (nSPS) is 10.7. The number of carbonyl (C=O) groups excluding carboxylic acids is 1. The smallest absolute Gasteiger partial charge is 0.331 e. The number of hydrogen-bond acceptors (Lipinski definition) is 4. The molecule has 1 N–H and O–H groups in total. The summed E-state index contributed by atoms with van der Waals surface area (Å²) in [6.07, 6.45) is 2.83. The van der Waals surface area contributed by atoms with Crippen molar-refractivity contribution in [3.05, 3.63) is 63.6 Å². The Kier molecular flexibility index (Phi) is 5.90. The highest BCUT2D eigenvalue weighted by atomic mass is 35.5. The van der Waals surface area contributed by atoms with Crippen LogP contribution in [0.5, 0.6) is 11.5 Å². The standard InChI is InChI=1S/C17H14Cl2O4/c1-22-16-9-11(5-7-15(16)20)6-8-17(21)23-10-12-13(18)3-2-4-14(12)19/h2-9,20H,10H2,1H3. The fraction of sp³-hybridized carbons (Fsp3) is 0.118. The van der Waals surface area contributed by atoms with E-state index >= 15 is 0 Å². The lowest BCUT2D eigenvalue weighted by molar-refractivity contribution is -0.138. The minimum Gasteiger partial charge on any atom is -0.504 e. The van der Waals surface area contributed by atoms with E-state index in [0.29, 0.717) is 26.9 Å². The van der Waals surface area contributed by atoms with Gasteiger partial charge in [-0.15, -0.1) is 0 Å². The van der Waals surface area contributed by atoms with Gasteiger partial charge in [-0.25, -0.2) is 4.79 Å². The molecule has 0 unspecified atom stereocenters. The van der Waals surface area contributed by atoms with Crippen molar-refractivity contribution in [1.82, 2.24) is 0 Å². The highest BCUT2D eigenvalue weighted by Crippen LogP contribution is 2.27. The third kappa shape index (κ3) is 4.65. The summed E-state index contributed by atoms with van der Waals surface area (Å²) in [4.78, 5) is 11.8. The third-order valence-electron chi connectivity index (χ3n) is 3.04. The van der Waals surface area contributed by atoms with Gasteiger partial charge in [0.05, 0.1) is 7.11 Å². The Labute approximate surface area is 143 Å². The van der Waals surface area contributed by atoms with E-state index in [2.05, 4.69) is 0 Å². The van der Waals surface area contributed by atoms with E-state index in [-0.39, 0.29) is 12.4 Å². The summed E-state index contributed by atoms with van der Waals surface area (Å²) < 4.78 is 10.1. The molecule has 0 aliphatic rings. The molecule has 0 saturated heterocycles. The predicted molar refractivity (Wildman–Crippen MR) is 90.0 cm³/mol. The molecule has 2 aromatic carbocycles. The van der Waals surface area contributed by atoms with Crippen LogP contribution in [0.2, 0.25) is 10.0 Å². The summed E-state index contributed by atoms with van der Waals surface area (Å²) in [5, 5.41) is 10.4. The second-order valence-electron chi connectivity index (χ2n) is 4.57. The number of rotatable bonds is 5. The molecule has 0 radical (unpaired) electrons. The second kappa shape index (κ2) is 7.90. The molecule has 120 valence electrons. The molecule has 0 bridgehead atoms. The Balaban J connectivity index is 1.99. The van der Waals surface area contributed by atoms with E-state index in [1.807, 2.05) is 0 Å². The van der Waals surface area contributed by atoms with Gasteiger partial charge >= 0.3 is 5.97 Å². The van der Waals surface area contributed by atoms with Gasteiger partial charge in [0.15, 0.2) is 11.5 Å². The van der Waals surface area contributed by atoms with Gasteiger partial charge in [0.1, 0.15) is 6.61 Å². The van der Waals surface area contributed by atoms with Gasteiger partial charge < -0.3 is 14.6 Å². The van der Waals surface area contributed by atoms with Gasteiger partial charge in [-0.2, -0.15) is 0 Å².